The first-order valence-electron chi connectivity index (χ1n) is 11.1. The lowest BCUT2D eigenvalue weighted by Gasteiger charge is -2.40. The van der Waals surface area contributed by atoms with Crippen molar-refractivity contribution in [1.82, 2.24) is 14.7 Å². The third kappa shape index (κ3) is 2.37. The second-order valence-corrected chi connectivity index (χ2v) is 8.86. The van der Waals surface area contributed by atoms with Gasteiger partial charge in [-0.2, -0.15) is 5.10 Å². The van der Waals surface area contributed by atoms with Crippen LogP contribution in [0.1, 0.15) is 49.4 Å². The molecule has 3 heterocycles. The smallest absolute Gasteiger partial charge is 0.221 e. The van der Waals surface area contributed by atoms with Crippen LogP contribution in [0.3, 0.4) is 0 Å². The molecule has 2 bridgehead atoms. The Labute approximate surface area is 182 Å². The van der Waals surface area contributed by atoms with E-state index in [2.05, 4.69) is 70.5 Å². The minimum absolute atomic E-state index is 0.0373. The standard InChI is InChI=1S/C26H26N4O/c1-3-23-19-15-24-26(13-14-29(23)24,21-11-7-8-12-22(21)28-17(2)31)25-20(19)16-27-30(25)18-9-5-4-6-10-18/h3-12,16,19,24H,13-15H2,1-2H3,(H,28,31)/b23-3-/t19-,24-,26-/m1/s1. The van der Waals surface area contributed by atoms with E-state index in [1.807, 2.05) is 18.2 Å². The number of carbonyl (C=O) groups excluding carboxylic acids is 1. The number of rotatable bonds is 3. The molecule has 6 rings (SSSR count). The Balaban J connectivity index is 1.67. The average molecular weight is 411 g/mol. The number of nitrogens with zero attached hydrogens (tertiary/aromatic N) is 3. The van der Waals surface area contributed by atoms with Gasteiger partial charge in [0.05, 0.1) is 23.0 Å². The van der Waals surface area contributed by atoms with Gasteiger partial charge >= 0.3 is 0 Å². The summed E-state index contributed by atoms with van der Waals surface area (Å²) in [5, 5.41) is 8.03. The Hall–Kier alpha value is -3.34. The molecule has 0 radical (unpaired) electrons. The molecule has 2 saturated heterocycles. The minimum Gasteiger partial charge on any atom is -0.370 e. The predicted octanol–water partition coefficient (Wildman–Crippen LogP) is 4.60. The molecule has 0 unspecified atom stereocenters. The molecule has 0 saturated carbocycles. The van der Waals surface area contributed by atoms with Gasteiger partial charge in [0.2, 0.25) is 5.91 Å². The van der Waals surface area contributed by atoms with Crippen molar-refractivity contribution in [1.29, 1.82) is 0 Å². The lowest BCUT2D eigenvalue weighted by atomic mass is 9.64. The molecular weight excluding hydrogens is 384 g/mol. The van der Waals surface area contributed by atoms with Gasteiger partial charge in [-0.05, 0) is 43.5 Å². The SMILES string of the molecule is C/C=C1/[C@@H]2C[C@H]3N1CC[C@]3(c1ccccc1NC(C)=O)c1c2cnn1-c1ccccc1. The number of benzene rings is 2. The lowest BCUT2D eigenvalue weighted by Crippen LogP contribution is -2.43. The van der Waals surface area contributed by atoms with Gasteiger partial charge in [-0.25, -0.2) is 4.68 Å². The molecule has 1 N–H and O–H groups in total. The number of anilines is 1. The summed E-state index contributed by atoms with van der Waals surface area (Å²) in [6.07, 6.45) is 6.47. The van der Waals surface area contributed by atoms with Crippen molar-refractivity contribution in [2.75, 3.05) is 11.9 Å². The normalized spacial score (nSPS) is 26.9. The van der Waals surface area contributed by atoms with Crippen LogP contribution in [-0.2, 0) is 10.2 Å². The number of para-hydroxylation sites is 2. The van der Waals surface area contributed by atoms with Crippen LogP contribution >= 0.6 is 0 Å². The Morgan fingerprint density at radius 3 is 2.71 bits per heavy atom. The first-order valence-corrected chi connectivity index (χ1v) is 11.1. The maximum atomic E-state index is 12.0. The summed E-state index contributed by atoms with van der Waals surface area (Å²) in [6, 6.07) is 19.1. The summed E-state index contributed by atoms with van der Waals surface area (Å²) in [7, 11) is 0. The molecule has 5 heteroatoms. The van der Waals surface area contributed by atoms with Gasteiger partial charge in [0, 0.05) is 42.4 Å². The van der Waals surface area contributed by atoms with Gasteiger partial charge in [0.15, 0.2) is 0 Å². The zero-order valence-corrected chi connectivity index (χ0v) is 17.9. The van der Waals surface area contributed by atoms with E-state index in [1.54, 1.807) is 6.92 Å². The van der Waals surface area contributed by atoms with Crippen LogP contribution in [0, 0.1) is 0 Å². The van der Waals surface area contributed by atoms with E-state index in [0.717, 1.165) is 30.8 Å². The van der Waals surface area contributed by atoms with Crippen LogP contribution in [0.15, 0.2) is 72.6 Å². The van der Waals surface area contributed by atoms with Gasteiger partial charge in [-0.3, -0.25) is 4.79 Å². The molecule has 2 aromatic carbocycles. The van der Waals surface area contributed by atoms with E-state index in [1.165, 1.54) is 22.5 Å². The third-order valence-corrected chi connectivity index (χ3v) is 7.45. The highest BCUT2D eigenvalue weighted by molar-refractivity contribution is 5.90. The fraction of sp³-hybridized carbons (Fsp3) is 0.308. The summed E-state index contributed by atoms with van der Waals surface area (Å²) in [5.74, 6) is 0.355. The van der Waals surface area contributed by atoms with Gasteiger partial charge in [0.25, 0.3) is 0 Å². The Morgan fingerprint density at radius 1 is 1.16 bits per heavy atom. The summed E-state index contributed by atoms with van der Waals surface area (Å²) in [6.45, 7) is 4.76. The molecule has 5 nitrogen and oxygen atoms in total. The van der Waals surface area contributed by atoms with Crippen LogP contribution in [0.2, 0.25) is 0 Å². The summed E-state index contributed by atoms with van der Waals surface area (Å²) in [5.41, 5.74) is 7.02. The van der Waals surface area contributed by atoms with E-state index in [0.29, 0.717) is 12.0 Å². The zero-order valence-electron chi connectivity index (χ0n) is 17.9. The molecule has 156 valence electrons. The first kappa shape index (κ1) is 18.4. The topological polar surface area (TPSA) is 50.2 Å². The van der Waals surface area contributed by atoms with Crippen molar-refractivity contribution < 1.29 is 4.79 Å². The van der Waals surface area contributed by atoms with Crippen LogP contribution in [0.4, 0.5) is 5.69 Å². The largest absolute Gasteiger partial charge is 0.370 e. The van der Waals surface area contributed by atoms with E-state index in [-0.39, 0.29) is 11.3 Å². The molecule has 1 aromatic heterocycles. The number of hydrogen-bond acceptors (Lipinski definition) is 3. The number of amides is 1. The second-order valence-electron chi connectivity index (χ2n) is 8.86. The van der Waals surface area contributed by atoms with E-state index >= 15 is 0 Å². The van der Waals surface area contributed by atoms with E-state index < -0.39 is 0 Å². The number of carbonyl (C=O) groups is 1. The molecule has 3 aliphatic rings. The Kier molecular flexibility index (Phi) is 3.91. The van der Waals surface area contributed by atoms with Crippen molar-refractivity contribution in [3.05, 3.63) is 89.4 Å². The van der Waals surface area contributed by atoms with Gasteiger partial charge in [-0.1, -0.05) is 42.5 Å². The molecule has 3 atom stereocenters. The second kappa shape index (κ2) is 6.58. The van der Waals surface area contributed by atoms with Crippen LogP contribution in [-0.4, -0.2) is 33.2 Å². The number of aromatic nitrogens is 2. The van der Waals surface area contributed by atoms with Crippen molar-refractivity contribution >= 4 is 11.6 Å². The van der Waals surface area contributed by atoms with Gasteiger partial charge in [-0.15, -0.1) is 0 Å². The van der Waals surface area contributed by atoms with Crippen molar-refractivity contribution in [3.8, 4) is 5.69 Å². The summed E-state index contributed by atoms with van der Waals surface area (Å²) < 4.78 is 2.15. The molecule has 0 spiro atoms. The molecule has 1 aliphatic carbocycles. The fourth-order valence-electron chi connectivity index (χ4n) is 6.44. The zero-order chi connectivity index (χ0) is 21.2. The number of fused-ring (bicyclic) bond motifs is 4. The quantitative estimate of drug-likeness (QED) is 0.687. The molecule has 2 aliphatic heterocycles. The Morgan fingerprint density at radius 2 is 1.94 bits per heavy atom. The minimum atomic E-state index is -0.220. The molecular formula is C26H26N4O. The Bertz CT molecular complexity index is 1210. The molecule has 1 amide bonds. The van der Waals surface area contributed by atoms with Crippen LogP contribution in [0.5, 0.6) is 0 Å². The van der Waals surface area contributed by atoms with E-state index in [4.69, 9.17) is 5.10 Å². The van der Waals surface area contributed by atoms with Gasteiger partial charge < -0.3 is 10.2 Å². The van der Waals surface area contributed by atoms with Crippen molar-refractivity contribution in [2.45, 2.75) is 44.1 Å². The molecule has 2 fully saturated rings. The third-order valence-electron chi connectivity index (χ3n) is 7.45. The summed E-state index contributed by atoms with van der Waals surface area (Å²) >= 11 is 0. The average Bonchev–Trinajstić information content (AvgIpc) is 3.45. The monoisotopic (exact) mass is 410 g/mol. The van der Waals surface area contributed by atoms with Crippen LogP contribution in [0.25, 0.3) is 5.69 Å². The van der Waals surface area contributed by atoms with Gasteiger partial charge in [0.1, 0.15) is 0 Å². The van der Waals surface area contributed by atoms with Crippen LogP contribution < -0.4 is 5.32 Å². The first-order chi connectivity index (χ1) is 15.1. The van der Waals surface area contributed by atoms with Crippen molar-refractivity contribution in [3.63, 3.8) is 0 Å². The maximum Gasteiger partial charge on any atom is 0.221 e. The molecule has 3 aromatic rings. The maximum absolute atomic E-state index is 12.0. The summed E-state index contributed by atoms with van der Waals surface area (Å²) in [4.78, 5) is 14.7. The van der Waals surface area contributed by atoms with Crippen molar-refractivity contribution in [2.24, 2.45) is 0 Å². The molecule has 31 heavy (non-hydrogen) atoms. The number of hydrogen-bond donors (Lipinski definition) is 1. The van der Waals surface area contributed by atoms with E-state index in [9.17, 15) is 4.79 Å². The highest BCUT2D eigenvalue weighted by Crippen LogP contribution is 2.62. The number of nitrogens with one attached hydrogen (secondary N) is 1. The predicted molar refractivity (Wildman–Crippen MR) is 121 cm³/mol. The number of allylic oxidation sites excluding steroid dienone is 2. The fourth-order valence-corrected chi connectivity index (χ4v) is 6.44. The lowest BCUT2D eigenvalue weighted by molar-refractivity contribution is -0.114. The highest BCUT2D eigenvalue weighted by atomic mass is 16.1. The highest BCUT2D eigenvalue weighted by Gasteiger charge is 2.62.